The molecule has 1 aromatic rings. The first-order chi connectivity index (χ1) is 9.47. The largest absolute Gasteiger partial charge is 0.330 e. The van der Waals surface area contributed by atoms with Crippen LogP contribution in [0.4, 0.5) is 0 Å². The Morgan fingerprint density at radius 3 is 2.65 bits per heavy atom. The smallest absolute Gasteiger partial charge is 0.0481 e. The highest BCUT2D eigenvalue weighted by molar-refractivity contribution is 7.12. The first kappa shape index (κ1) is 16.0. The van der Waals surface area contributed by atoms with Crippen molar-refractivity contribution in [3.63, 3.8) is 0 Å². The molecule has 0 spiro atoms. The highest BCUT2D eigenvalue weighted by atomic mass is 32.1. The van der Waals surface area contributed by atoms with Gasteiger partial charge in [-0.25, -0.2) is 0 Å². The van der Waals surface area contributed by atoms with Crippen molar-refractivity contribution < 1.29 is 0 Å². The van der Waals surface area contributed by atoms with Crippen LogP contribution < -0.4 is 5.73 Å². The van der Waals surface area contributed by atoms with E-state index in [0.29, 0.717) is 12.0 Å². The van der Waals surface area contributed by atoms with Gasteiger partial charge in [0.05, 0.1) is 0 Å². The molecule has 20 heavy (non-hydrogen) atoms. The van der Waals surface area contributed by atoms with Crippen molar-refractivity contribution in [1.29, 1.82) is 0 Å². The minimum Gasteiger partial charge on any atom is -0.330 e. The average Bonchev–Trinajstić information content (AvgIpc) is 2.88. The van der Waals surface area contributed by atoms with Crippen LogP contribution in [0.2, 0.25) is 0 Å². The fraction of sp³-hybridized carbons (Fsp3) is 0.765. The minimum absolute atomic E-state index is 0.255. The van der Waals surface area contributed by atoms with Gasteiger partial charge in [0.15, 0.2) is 0 Å². The SMILES string of the molecule is CCCN1CCCC(CN)C1c1ccc(C(C)(C)C)s1. The van der Waals surface area contributed by atoms with Crippen molar-refractivity contribution >= 4 is 11.3 Å². The summed E-state index contributed by atoms with van der Waals surface area (Å²) in [7, 11) is 0. The Morgan fingerprint density at radius 2 is 2.10 bits per heavy atom. The van der Waals surface area contributed by atoms with E-state index in [-0.39, 0.29) is 5.41 Å². The second-order valence-electron chi connectivity index (χ2n) is 7.07. The molecule has 2 nitrogen and oxygen atoms in total. The van der Waals surface area contributed by atoms with Crippen molar-refractivity contribution in [2.45, 2.75) is 58.4 Å². The number of piperidine rings is 1. The van der Waals surface area contributed by atoms with Crippen LogP contribution in [0.15, 0.2) is 12.1 Å². The van der Waals surface area contributed by atoms with Crippen LogP contribution in [0.1, 0.15) is 62.8 Å². The van der Waals surface area contributed by atoms with Gasteiger partial charge in [-0.1, -0.05) is 27.7 Å². The summed E-state index contributed by atoms with van der Waals surface area (Å²) in [6.07, 6.45) is 3.81. The number of nitrogens with zero attached hydrogens (tertiary/aromatic N) is 1. The van der Waals surface area contributed by atoms with Crippen LogP contribution in [0, 0.1) is 5.92 Å². The fourth-order valence-corrected chi connectivity index (χ4v) is 4.56. The summed E-state index contributed by atoms with van der Waals surface area (Å²) in [4.78, 5) is 5.68. The summed E-state index contributed by atoms with van der Waals surface area (Å²) in [6.45, 7) is 12.4. The lowest BCUT2D eigenvalue weighted by Crippen LogP contribution is -2.41. The molecule has 0 aliphatic carbocycles. The molecule has 0 amide bonds. The summed E-state index contributed by atoms with van der Waals surface area (Å²) in [5, 5.41) is 0. The molecule has 2 unspecified atom stereocenters. The predicted octanol–water partition coefficient (Wildman–Crippen LogP) is 4.17. The average molecular weight is 295 g/mol. The van der Waals surface area contributed by atoms with Gasteiger partial charge in [0.25, 0.3) is 0 Å². The summed E-state index contributed by atoms with van der Waals surface area (Å²) in [5.41, 5.74) is 6.32. The molecule has 0 aromatic carbocycles. The van der Waals surface area contributed by atoms with Gasteiger partial charge in [-0.3, -0.25) is 4.90 Å². The summed E-state index contributed by atoms with van der Waals surface area (Å²) in [5.74, 6) is 0.627. The lowest BCUT2D eigenvalue weighted by atomic mass is 9.88. The molecule has 2 atom stereocenters. The molecular weight excluding hydrogens is 264 g/mol. The van der Waals surface area contributed by atoms with E-state index in [2.05, 4.69) is 44.7 Å². The van der Waals surface area contributed by atoms with Gasteiger partial charge in [-0.15, -0.1) is 11.3 Å². The van der Waals surface area contributed by atoms with Gasteiger partial charge >= 0.3 is 0 Å². The molecule has 1 saturated heterocycles. The van der Waals surface area contributed by atoms with E-state index in [1.165, 1.54) is 42.1 Å². The van der Waals surface area contributed by atoms with E-state index in [1.807, 2.05) is 11.3 Å². The number of rotatable bonds is 4. The number of likely N-dealkylation sites (tertiary alicyclic amines) is 1. The zero-order valence-electron chi connectivity index (χ0n) is 13.5. The van der Waals surface area contributed by atoms with Crippen molar-refractivity contribution in [2.24, 2.45) is 11.7 Å². The second kappa shape index (κ2) is 6.59. The predicted molar refractivity (Wildman–Crippen MR) is 89.4 cm³/mol. The zero-order chi connectivity index (χ0) is 14.8. The van der Waals surface area contributed by atoms with Gasteiger partial charge < -0.3 is 5.73 Å². The van der Waals surface area contributed by atoms with Crippen molar-refractivity contribution in [2.75, 3.05) is 19.6 Å². The maximum atomic E-state index is 6.06. The van der Waals surface area contributed by atoms with E-state index in [9.17, 15) is 0 Å². The van der Waals surface area contributed by atoms with Crippen LogP contribution in [0.5, 0.6) is 0 Å². The normalized spacial score (nSPS) is 25.1. The van der Waals surface area contributed by atoms with Crippen LogP contribution in [0.25, 0.3) is 0 Å². The number of thiophene rings is 1. The van der Waals surface area contributed by atoms with Gasteiger partial charge in [0.1, 0.15) is 0 Å². The monoisotopic (exact) mass is 294 g/mol. The van der Waals surface area contributed by atoms with Crippen LogP contribution in [0.3, 0.4) is 0 Å². The Hall–Kier alpha value is -0.380. The molecule has 1 aliphatic heterocycles. The maximum absolute atomic E-state index is 6.06. The quantitative estimate of drug-likeness (QED) is 0.903. The Labute approximate surface area is 128 Å². The Balaban J connectivity index is 2.26. The Kier molecular flexibility index (Phi) is 5.27. The van der Waals surface area contributed by atoms with E-state index < -0.39 is 0 Å². The molecule has 2 N–H and O–H groups in total. The maximum Gasteiger partial charge on any atom is 0.0481 e. The molecule has 0 radical (unpaired) electrons. The third kappa shape index (κ3) is 3.44. The molecule has 1 aromatic heterocycles. The topological polar surface area (TPSA) is 29.3 Å². The molecular formula is C17H30N2S. The van der Waals surface area contributed by atoms with Gasteiger partial charge in [-0.2, -0.15) is 0 Å². The Morgan fingerprint density at radius 1 is 1.35 bits per heavy atom. The number of hydrogen-bond donors (Lipinski definition) is 1. The van der Waals surface area contributed by atoms with E-state index in [1.54, 1.807) is 0 Å². The second-order valence-corrected chi connectivity index (χ2v) is 8.19. The van der Waals surface area contributed by atoms with Crippen LogP contribution >= 0.6 is 11.3 Å². The highest BCUT2D eigenvalue weighted by Gasteiger charge is 2.32. The third-order valence-corrected chi connectivity index (χ3v) is 5.91. The third-order valence-electron chi connectivity index (χ3n) is 4.33. The molecule has 1 fully saturated rings. The van der Waals surface area contributed by atoms with Gasteiger partial charge in [-0.05, 0) is 62.4 Å². The first-order valence-corrected chi connectivity index (χ1v) is 8.83. The van der Waals surface area contributed by atoms with E-state index in [0.717, 1.165) is 6.54 Å². The Bertz CT molecular complexity index is 417. The molecule has 2 heterocycles. The van der Waals surface area contributed by atoms with E-state index >= 15 is 0 Å². The van der Waals surface area contributed by atoms with Crippen LogP contribution in [-0.2, 0) is 5.41 Å². The molecule has 3 heteroatoms. The van der Waals surface area contributed by atoms with Crippen LogP contribution in [-0.4, -0.2) is 24.5 Å². The van der Waals surface area contributed by atoms with Crippen molar-refractivity contribution in [3.8, 4) is 0 Å². The van der Waals surface area contributed by atoms with Crippen molar-refractivity contribution in [3.05, 3.63) is 21.9 Å². The summed E-state index contributed by atoms with van der Waals surface area (Å²) in [6, 6.07) is 5.23. The first-order valence-electron chi connectivity index (χ1n) is 8.01. The van der Waals surface area contributed by atoms with Crippen molar-refractivity contribution in [1.82, 2.24) is 4.90 Å². The molecule has 1 aliphatic rings. The minimum atomic E-state index is 0.255. The van der Waals surface area contributed by atoms with Gasteiger partial charge in [0, 0.05) is 15.8 Å². The fourth-order valence-electron chi connectivity index (χ4n) is 3.26. The molecule has 2 rings (SSSR count). The van der Waals surface area contributed by atoms with E-state index in [4.69, 9.17) is 5.73 Å². The standard InChI is InChI=1S/C17H30N2S/c1-5-10-19-11-6-7-13(12-18)16(19)14-8-9-15(20-14)17(2,3)4/h8-9,13,16H,5-7,10-12,18H2,1-4H3. The highest BCUT2D eigenvalue weighted by Crippen LogP contribution is 2.41. The lowest BCUT2D eigenvalue weighted by Gasteiger charge is -2.40. The lowest BCUT2D eigenvalue weighted by molar-refractivity contribution is 0.0985. The zero-order valence-corrected chi connectivity index (χ0v) is 14.3. The molecule has 0 bridgehead atoms. The molecule has 114 valence electrons. The summed E-state index contributed by atoms with van der Waals surface area (Å²) >= 11 is 2.00. The number of nitrogens with two attached hydrogens (primary N) is 1. The summed E-state index contributed by atoms with van der Waals surface area (Å²) < 4.78 is 0. The number of hydrogen-bond acceptors (Lipinski definition) is 3. The molecule has 0 saturated carbocycles. The van der Waals surface area contributed by atoms with Gasteiger partial charge in [0.2, 0.25) is 0 Å².